The molecule has 1 rings (SSSR count). The summed E-state index contributed by atoms with van der Waals surface area (Å²) in [6.07, 6.45) is 1.85. The molecule has 0 spiro atoms. The first-order chi connectivity index (χ1) is 4.97. The topological polar surface area (TPSA) is 32.3 Å². The number of hydrogen-bond acceptors (Lipinski definition) is 2. The van der Waals surface area contributed by atoms with Crippen molar-refractivity contribution in [1.82, 2.24) is 5.32 Å². The summed E-state index contributed by atoms with van der Waals surface area (Å²) in [5.74, 6) is 0. The zero-order valence-electron chi connectivity index (χ0n) is 7.72. The van der Waals surface area contributed by atoms with E-state index in [-0.39, 0.29) is 6.10 Å². The van der Waals surface area contributed by atoms with Gasteiger partial charge in [-0.3, -0.25) is 0 Å². The summed E-state index contributed by atoms with van der Waals surface area (Å²) in [4.78, 5) is 0. The summed E-state index contributed by atoms with van der Waals surface area (Å²) in [5, 5.41) is 12.4. The second-order valence-corrected chi connectivity index (χ2v) is 4.76. The van der Waals surface area contributed by atoms with Crippen molar-refractivity contribution in [1.29, 1.82) is 0 Å². The summed E-state index contributed by atoms with van der Waals surface area (Å²) in [6.45, 7) is 7.70. The Morgan fingerprint density at radius 2 is 1.91 bits per heavy atom. The van der Waals surface area contributed by atoms with Gasteiger partial charge in [0.25, 0.3) is 0 Å². The van der Waals surface area contributed by atoms with Crippen LogP contribution >= 0.6 is 0 Å². The minimum absolute atomic E-state index is 0.0348. The van der Waals surface area contributed by atoms with Crippen LogP contribution in [0.5, 0.6) is 0 Å². The van der Waals surface area contributed by atoms with E-state index in [1.165, 1.54) is 0 Å². The molecule has 0 amide bonds. The van der Waals surface area contributed by atoms with E-state index in [1.807, 2.05) is 0 Å². The van der Waals surface area contributed by atoms with Gasteiger partial charge in [-0.1, -0.05) is 20.8 Å². The maximum Gasteiger partial charge on any atom is 0.0570 e. The number of rotatable bonds is 2. The molecule has 1 aliphatic carbocycles. The first-order valence-corrected chi connectivity index (χ1v) is 4.39. The molecule has 0 aliphatic heterocycles. The van der Waals surface area contributed by atoms with Gasteiger partial charge in [0.05, 0.1) is 6.10 Å². The summed E-state index contributed by atoms with van der Waals surface area (Å²) < 4.78 is 0. The van der Waals surface area contributed by atoms with Gasteiger partial charge in [0.15, 0.2) is 0 Å². The van der Waals surface area contributed by atoms with Crippen molar-refractivity contribution in [2.75, 3.05) is 6.54 Å². The van der Waals surface area contributed by atoms with E-state index in [2.05, 4.69) is 26.1 Å². The highest BCUT2D eigenvalue weighted by molar-refractivity contribution is 4.85. The minimum atomic E-state index is -0.0348. The quantitative estimate of drug-likeness (QED) is 0.630. The molecule has 0 atom stereocenters. The van der Waals surface area contributed by atoms with Gasteiger partial charge >= 0.3 is 0 Å². The molecule has 66 valence electrons. The third kappa shape index (κ3) is 3.21. The maximum absolute atomic E-state index is 9.01. The predicted molar refractivity (Wildman–Crippen MR) is 46.5 cm³/mol. The van der Waals surface area contributed by atoms with E-state index in [1.54, 1.807) is 0 Å². The second kappa shape index (κ2) is 3.11. The third-order valence-corrected chi connectivity index (χ3v) is 2.03. The molecule has 0 radical (unpaired) electrons. The average molecular weight is 157 g/mol. The van der Waals surface area contributed by atoms with E-state index in [0.717, 1.165) is 19.4 Å². The first-order valence-electron chi connectivity index (χ1n) is 4.39. The van der Waals surface area contributed by atoms with Crippen molar-refractivity contribution >= 4 is 0 Å². The van der Waals surface area contributed by atoms with Crippen LogP contribution in [-0.2, 0) is 0 Å². The van der Waals surface area contributed by atoms with Crippen LogP contribution in [0.1, 0.15) is 33.6 Å². The Morgan fingerprint density at radius 1 is 1.36 bits per heavy atom. The molecule has 2 nitrogen and oxygen atoms in total. The largest absolute Gasteiger partial charge is 0.393 e. The van der Waals surface area contributed by atoms with Gasteiger partial charge in [-0.25, -0.2) is 0 Å². The van der Waals surface area contributed by atoms with Gasteiger partial charge in [0.1, 0.15) is 0 Å². The minimum Gasteiger partial charge on any atom is -0.393 e. The zero-order chi connectivity index (χ0) is 8.48. The molecule has 0 aromatic rings. The molecular formula is C9H19NO. The molecule has 0 saturated heterocycles. The van der Waals surface area contributed by atoms with Crippen molar-refractivity contribution in [2.45, 2.75) is 45.8 Å². The van der Waals surface area contributed by atoms with Crippen LogP contribution in [-0.4, -0.2) is 23.8 Å². The van der Waals surface area contributed by atoms with Gasteiger partial charge in [-0.15, -0.1) is 0 Å². The highest BCUT2D eigenvalue weighted by Gasteiger charge is 2.27. The number of nitrogens with one attached hydrogen (secondary N) is 1. The summed E-state index contributed by atoms with van der Waals surface area (Å²) in [7, 11) is 0. The molecule has 0 unspecified atom stereocenters. The van der Waals surface area contributed by atoms with Crippen LogP contribution in [0.4, 0.5) is 0 Å². The molecule has 0 bridgehead atoms. The summed E-state index contributed by atoms with van der Waals surface area (Å²) in [6, 6.07) is 0.573. The summed E-state index contributed by atoms with van der Waals surface area (Å²) >= 11 is 0. The van der Waals surface area contributed by atoms with Gasteiger partial charge < -0.3 is 10.4 Å². The molecule has 0 aromatic heterocycles. The predicted octanol–water partition coefficient (Wildman–Crippen LogP) is 1.15. The van der Waals surface area contributed by atoms with Gasteiger partial charge in [-0.2, -0.15) is 0 Å². The molecule has 0 heterocycles. The number of aliphatic hydroxyl groups excluding tert-OH is 1. The van der Waals surface area contributed by atoms with Crippen molar-refractivity contribution in [2.24, 2.45) is 5.41 Å². The van der Waals surface area contributed by atoms with Crippen molar-refractivity contribution in [3.8, 4) is 0 Å². The van der Waals surface area contributed by atoms with Crippen molar-refractivity contribution in [3.05, 3.63) is 0 Å². The SMILES string of the molecule is CC(C)(C)CN[C@H]1C[C@@H](O)C1. The van der Waals surface area contributed by atoms with E-state index in [4.69, 9.17) is 5.11 Å². The lowest BCUT2D eigenvalue weighted by Crippen LogP contribution is -2.46. The van der Waals surface area contributed by atoms with Crippen LogP contribution in [0.2, 0.25) is 0 Å². The van der Waals surface area contributed by atoms with Crippen LogP contribution < -0.4 is 5.32 Å². The second-order valence-electron chi connectivity index (χ2n) is 4.76. The lowest BCUT2D eigenvalue weighted by atomic mass is 9.88. The van der Waals surface area contributed by atoms with Crippen molar-refractivity contribution < 1.29 is 5.11 Å². The van der Waals surface area contributed by atoms with E-state index < -0.39 is 0 Å². The standard InChI is InChI=1S/C9H19NO/c1-9(2,3)6-10-7-4-8(11)5-7/h7-8,10-11H,4-6H2,1-3H3/t7-,8+. The zero-order valence-corrected chi connectivity index (χ0v) is 7.72. The number of hydrogen-bond donors (Lipinski definition) is 2. The molecule has 2 N–H and O–H groups in total. The Balaban J connectivity index is 2.05. The molecule has 1 aliphatic rings. The normalized spacial score (nSPS) is 31.6. The average Bonchev–Trinajstić information content (AvgIpc) is 1.75. The Hall–Kier alpha value is -0.0800. The molecule has 2 heteroatoms. The van der Waals surface area contributed by atoms with Crippen LogP contribution in [0.3, 0.4) is 0 Å². The molecule has 1 fully saturated rings. The lowest BCUT2D eigenvalue weighted by molar-refractivity contribution is 0.0590. The Kier molecular flexibility index (Phi) is 2.55. The highest BCUT2D eigenvalue weighted by Crippen LogP contribution is 2.21. The maximum atomic E-state index is 9.01. The van der Waals surface area contributed by atoms with E-state index in [0.29, 0.717) is 11.5 Å². The monoisotopic (exact) mass is 157 g/mol. The molecular weight excluding hydrogens is 138 g/mol. The van der Waals surface area contributed by atoms with E-state index >= 15 is 0 Å². The first kappa shape index (κ1) is 9.01. The molecule has 11 heavy (non-hydrogen) atoms. The van der Waals surface area contributed by atoms with Crippen LogP contribution in [0, 0.1) is 5.41 Å². The van der Waals surface area contributed by atoms with Gasteiger partial charge in [0, 0.05) is 12.6 Å². The van der Waals surface area contributed by atoms with Crippen LogP contribution in [0.15, 0.2) is 0 Å². The van der Waals surface area contributed by atoms with Gasteiger partial charge in [-0.05, 0) is 18.3 Å². The highest BCUT2D eigenvalue weighted by atomic mass is 16.3. The fourth-order valence-electron chi connectivity index (χ4n) is 1.21. The molecule has 0 aromatic carbocycles. The Bertz CT molecular complexity index is 122. The fourth-order valence-corrected chi connectivity index (χ4v) is 1.21. The van der Waals surface area contributed by atoms with Crippen LogP contribution in [0.25, 0.3) is 0 Å². The smallest absolute Gasteiger partial charge is 0.0570 e. The Labute approximate surface area is 69.0 Å². The lowest BCUT2D eigenvalue weighted by Gasteiger charge is -2.34. The van der Waals surface area contributed by atoms with E-state index in [9.17, 15) is 0 Å². The van der Waals surface area contributed by atoms with Gasteiger partial charge in [0.2, 0.25) is 0 Å². The van der Waals surface area contributed by atoms with Crippen molar-refractivity contribution in [3.63, 3.8) is 0 Å². The number of aliphatic hydroxyl groups is 1. The Morgan fingerprint density at radius 3 is 2.27 bits per heavy atom. The summed E-state index contributed by atoms with van der Waals surface area (Å²) in [5.41, 5.74) is 0.362. The third-order valence-electron chi connectivity index (χ3n) is 2.03. The fraction of sp³-hybridized carbons (Fsp3) is 1.00. The molecule has 1 saturated carbocycles.